The van der Waals surface area contributed by atoms with Gasteiger partial charge in [-0.1, -0.05) is 22.9 Å². The van der Waals surface area contributed by atoms with E-state index in [9.17, 15) is 8.42 Å². The fourth-order valence-corrected chi connectivity index (χ4v) is 2.71. The number of benzene rings is 1. The first kappa shape index (κ1) is 13.1. The summed E-state index contributed by atoms with van der Waals surface area (Å²) in [7, 11) is -3.64. The molecule has 0 amide bonds. The Hall–Kier alpha value is -1.34. The third-order valence-electron chi connectivity index (χ3n) is 2.35. The minimum absolute atomic E-state index is 0.146. The van der Waals surface area contributed by atoms with Gasteiger partial charge in [0, 0.05) is 0 Å². The van der Waals surface area contributed by atoms with E-state index in [4.69, 9.17) is 4.52 Å². The molecule has 2 rings (SSSR count). The van der Waals surface area contributed by atoms with Crippen LogP contribution in [-0.2, 0) is 10.0 Å². The second-order valence-electron chi connectivity index (χ2n) is 3.82. The van der Waals surface area contributed by atoms with Crippen molar-refractivity contribution in [1.29, 1.82) is 0 Å². The largest absolute Gasteiger partial charge is 0.358 e. The molecule has 96 valence electrons. The second-order valence-corrected chi connectivity index (χ2v) is 6.30. The Morgan fingerprint density at radius 3 is 2.33 bits per heavy atom. The molecular weight excluding hydrogens is 320 g/mol. The van der Waals surface area contributed by atoms with Gasteiger partial charge in [-0.2, -0.15) is 0 Å². The highest BCUT2D eigenvalue weighted by Gasteiger charge is 2.19. The number of nitrogens with zero attached hydrogens (tertiary/aromatic N) is 1. The van der Waals surface area contributed by atoms with Gasteiger partial charge in [-0.25, -0.2) is 8.42 Å². The summed E-state index contributed by atoms with van der Waals surface area (Å²) in [5.41, 5.74) is 0.993. The van der Waals surface area contributed by atoms with Gasteiger partial charge in [0.05, 0.1) is 4.90 Å². The maximum absolute atomic E-state index is 12.1. The molecular formula is C11H11BrN2O3S. The summed E-state index contributed by atoms with van der Waals surface area (Å²) in [5.74, 6) is 0.657. The van der Waals surface area contributed by atoms with E-state index in [1.165, 1.54) is 0 Å². The summed E-state index contributed by atoms with van der Waals surface area (Å²) < 4.78 is 31.9. The Morgan fingerprint density at radius 1 is 1.22 bits per heavy atom. The van der Waals surface area contributed by atoms with Crippen LogP contribution in [0.2, 0.25) is 0 Å². The lowest BCUT2D eigenvalue weighted by Crippen LogP contribution is -2.13. The summed E-state index contributed by atoms with van der Waals surface area (Å²) in [6.45, 7) is 3.57. The maximum Gasteiger partial charge on any atom is 0.263 e. The highest BCUT2D eigenvalue weighted by molar-refractivity contribution is 9.10. The van der Waals surface area contributed by atoms with Crippen molar-refractivity contribution in [2.45, 2.75) is 18.7 Å². The Morgan fingerprint density at radius 2 is 1.83 bits per heavy atom. The molecule has 0 saturated heterocycles. The van der Waals surface area contributed by atoms with E-state index < -0.39 is 10.0 Å². The van der Waals surface area contributed by atoms with E-state index >= 15 is 0 Å². The number of anilines is 1. The van der Waals surface area contributed by atoms with Crippen molar-refractivity contribution in [3.8, 4) is 0 Å². The smallest absolute Gasteiger partial charge is 0.263 e. The van der Waals surface area contributed by atoms with Crippen molar-refractivity contribution in [2.75, 3.05) is 4.72 Å². The molecule has 0 radical (unpaired) electrons. The molecule has 18 heavy (non-hydrogen) atoms. The van der Waals surface area contributed by atoms with Gasteiger partial charge in [-0.15, -0.1) is 0 Å². The number of aryl methyl sites for hydroxylation is 2. The number of hydrogen-bond acceptors (Lipinski definition) is 4. The third kappa shape index (κ3) is 2.56. The summed E-state index contributed by atoms with van der Waals surface area (Å²) in [4.78, 5) is 0.181. The van der Waals surface area contributed by atoms with Crippen LogP contribution in [0.3, 0.4) is 0 Å². The molecule has 1 N–H and O–H groups in total. The zero-order valence-electron chi connectivity index (χ0n) is 9.77. The van der Waals surface area contributed by atoms with Gasteiger partial charge in [0.25, 0.3) is 10.0 Å². The molecule has 0 aliphatic rings. The Kier molecular flexibility index (Phi) is 3.45. The molecule has 1 aromatic heterocycles. The number of sulfonamides is 1. The molecule has 0 aliphatic heterocycles. The predicted molar refractivity (Wildman–Crippen MR) is 70.9 cm³/mol. The van der Waals surface area contributed by atoms with Crippen molar-refractivity contribution >= 4 is 31.8 Å². The fraction of sp³-hybridized carbons (Fsp3) is 0.182. The third-order valence-corrected chi connectivity index (χ3v) is 4.64. The predicted octanol–water partition coefficient (Wildman–Crippen LogP) is 2.85. The van der Waals surface area contributed by atoms with Gasteiger partial charge in [0.2, 0.25) is 0 Å². The average Bonchev–Trinajstić information content (AvgIpc) is 2.61. The van der Waals surface area contributed by atoms with Crippen LogP contribution < -0.4 is 4.72 Å². The average molecular weight is 331 g/mol. The number of nitrogens with one attached hydrogen (secondary N) is 1. The molecule has 5 nitrogen and oxygen atoms in total. The van der Waals surface area contributed by atoms with E-state index in [-0.39, 0.29) is 10.7 Å². The van der Waals surface area contributed by atoms with E-state index in [2.05, 4.69) is 25.8 Å². The lowest BCUT2D eigenvalue weighted by Gasteiger charge is -2.05. The van der Waals surface area contributed by atoms with Crippen molar-refractivity contribution in [3.05, 3.63) is 40.1 Å². The van der Waals surface area contributed by atoms with Crippen LogP contribution in [-0.4, -0.2) is 13.6 Å². The topological polar surface area (TPSA) is 72.2 Å². The van der Waals surface area contributed by atoms with Crippen LogP contribution in [0.4, 0.5) is 5.82 Å². The lowest BCUT2D eigenvalue weighted by molar-refractivity contribution is 0.399. The van der Waals surface area contributed by atoms with Crippen molar-refractivity contribution < 1.29 is 12.9 Å². The van der Waals surface area contributed by atoms with Gasteiger partial charge in [0.1, 0.15) is 10.2 Å². The van der Waals surface area contributed by atoms with E-state index in [0.717, 1.165) is 5.56 Å². The number of rotatable bonds is 3. The molecule has 0 bridgehead atoms. The summed E-state index contributed by atoms with van der Waals surface area (Å²) >= 11 is 3.20. The molecule has 0 spiro atoms. The maximum atomic E-state index is 12.1. The summed E-state index contributed by atoms with van der Waals surface area (Å²) in [6.07, 6.45) is 0. The molecule has 7 heteroatoms. The quantitative estimate of drug-likeness (QED) is 0.939. The Balaban J connectivity index is 2.33. The zero-order valence-corrected chi connectivity index (χ0v) is 12.2. The van der Waals surface area contributed by atoms with Crippen molar-refractivity contribution in [2.24, 2.45) is 0 Å². The van der Waals surface area contributed by atoms with Gasteiger partial charge in [-0.05, 0) is 41.9 Å². The minimum Gasteiger partial charge on any atom is -0.358 e. The van der Waals surface area contributed by atoms with Gasteiger partial charge >= 0.3 is 0 Å². The van der Waals surface area contributed by atoms with Crippen molar-refractivity contribution in [3.63, 3.8) is 0 Å². The summed E-state index contributed by atoms with van der Waals surface area (Å²) in [6, 6.07) is 6.55. The molecule has 1 heterocycles. The standard InChI is InChI=1S/C11H11BrN2O3S/c1-7-3-5-9(6-4-7)18(15,16)14-11-10(12)8(2)17-13-11/h3-6H,1-2H3,(H,13,14). The molecule has 0 unspecified atom stereocenters. The molecule has 0 fully saturated rings. The van der Waals surface area contributed by atoms with Crippen LogP contribution in [0.1, 0.15) is 11.3 Å². The van der Waals surface area contributed by atoms with Gasteiger partial charge < -0.3 is 4.52 Å². The van der Waals surface area contributed by atoms with E-state index in [1.54, 1.807) is 31.2 Å². The van der Waals surface area contributed by atoms with Crippen LogP contribution >= 0.6 is 15.9 Å². The fourth-order valence-electron chi connectivity index (χ4n) is 1.33. The van der Waals surface area contributed by atoms with Gasteiger partial charge in [0.15, 0.2) is 5.82 Å². The molecule has 2 aromatic rings. The second kappa shape index (κ2) is 4.74. The number of aromatic nitrogens is 1. The van der Waals surface area contributed by atoms with Crippen LogP contribution in [0.25, 0.3) is 0 Å². The number of hydrogen-bond donors (Lipinski definition) is 1. The molecule has 0 atom stereocenters. The number of halogens is 1. The summed E-state index contributed by atoms with van der Waals surface area (Å²) in [5, 5.41) is 3.63. The first-order chi connectivity index (χ1) is 8.40. The Labute approximate surface area is 113 Å². The molecule has 0 saturated carbocycles. The molecule has 1 aromatic carbocycles. The Bertz CT molecular complexity index is 662. The highest BCUT2D eigenvalue weighted by Crippen LogP contribution is 2.27. The lowest BCUT2D eigenvalue weighted by atomic mass is 10.2. The normalized spacial score (nSPS) is 11.5. The van der Waals surface area contributed by atoms with E-state index in [1.807, 2.05) is 6.92 Å². The minimum atomic E-state index is -3.64. The zero-order chi connectivity index (χ0) is 13.3. The SMILES string of the molecule is Cc1ccc(S(=O)(=O)Nc2noc(C)c2Br)cc1. The highest BCUT2D eigenvalue weighted by atomic mass is 79.9. The van der Waals surface area contributed by atoms with Crippen LogP contribution in [0.15, 0.2) is 38.2 Å². The van der Waals surface area contributed by atoms with Crippen LogP contribution in [0, 0.1) is 13.8 Å². The monoisotopic (exact) mass is 330 g/mol. The first-order valence-corrected chi connectivity index (χ1v) is 7.39. The van der Waals surface area contributed by atoms with E-state index in [0.29, 0.717) is 10.2 Å². The van der Waals surface area contributed by atoms with Gasteiger partial charge in [-0.3, -0.25) is 4.72 Å². The van der Waals surface area contributed by atoms with Crippen molar-refractivity contribution in [1.82, 2.24) is 5.16 Å². The first-order valence-electron chi connectivity index (χ1n) is 5.11. The molecule has 0 aliphatic carbocycles. The van der Waals surface area contributed by atoms with Crippen LogP contribution in [0.5, 0.6) is 0 Å².